The number of carbonyl (C=O) groups is 2. The Morgan fingerprint density at radius 2 is 2.11 bits per heavy atom. The minimum absolute atomic E-state index is 0.0675. The first-order valence-electron chi connectivity index (χ1n) is 11.9. The van der Waals surface area contributed by atoms with E-state index in [1.807, 2.05) is 23.2 Å². The average molecular weight is 568 g/mol. The first kappa shape index (κ1) is 23.6. The third-order valence-corrected chi connectivity index (χ3v) is 7.67. The fraction of sp³-hybridized carbons (Fsp3) is 0.320. The first-order valence-corrected chi connectivity index (χ1v) is 12.7. The van der Waals surface area contributed by atoms with Crippen LogP contribution in [0.15, 0.2) is 47.3 Å². The molecule has 2 aliphatic rings. The first-order chi connectivity index (χ1) is 17.9. The quantitative estimate of drug-likeness (QED) is 0.375. The number of likely N-dealkylation sites (tertiary alicyclic amines) is 1. The molecule has 0 radical (unpaired) electrons. The van der Waals surface area contributed by atoms with E-state index in [1.54, 1.807) is 16.8 Å². The molecule has 1 unspecified atom stereocenters. The van der Waals surface area contributed by atoms with Crippen molar-refractivity contribution in [3.8, 4) is 17.1 Å². The molecule has 2 fully saturated rings. The molecule has 1 saturated heterocycles. The number of hydrogen-bond donors (Lipinski definition) is 2. The maximum Gasteiger partial charge on any atom is 0.272 e. The molecule has 190 valence electrons. The molecule has 10 nitrogen and oxygen atoms in total. The third kappa shape index (κ3) is 4.24. The number of aromatic nitrogens is 5. The van der Waals surface area contributed by atoms with Crippen molar-refractivity contribution in [2.75, 3.05) is 19.0 Å². The summed E-state index contributed by atoms with van der Waals surface area (Å²) in [4.78, 5) is 32.3. The zero-order valence-corrected chi connectivity index (χ0v) is 21.5. The van der Waals surface area contributed by atoms with Crippen molar-refractivity contribution < 1.29 is 18.7 Å². The summed E-state index contributed by atoms with van der Waals surface area (Å²) in [5.41, 5.74) is 1.88. The second kappa shape index (κ2) is 8.94. The molecule has 1 atom stereocenters. The van der Waals surface area contributed by atoms with E-state index < -0.39 is 5.82 Å². The molecule has 12 heteroatoms. The lowest BCUT2D eigenvalue weighted by molar-refractivity contribution is -0.122. The summed E-state index contributed by atoms with van der Waals surface area (Å²) in [6.07, 6.45) is 7.34. The molecular formula is C25H23BrFN7O3. The lowest BCUT2D eigenvalue weighted by Gasteiger charge is -2.39. The van der Waals surface area contributed by atoms with E-state index in [1.165, 1.54) is 13.2 Å². The number of fused-ring (bicyclic) bond motifs is 1. The average Bonchev–Trinajstić information content (AvgIpc) is 3.30. The van der Waals surface area contributed by atoms with Gasteiger partial charge in [0.25, 0.3) is 5.91 Å². The normalized spacial score (nSPS) is 18.2. The number of amides is 2. The molecule has 37 heavy (non-hydrogen) atoms. The van der Waals surface area contributed by atoms with E-state index in [4.69, 9.17) is 4.74 Å². The van der Waals surface area contributed by atoms with E-state index in [0.717, 1.165) is 29.0 Å². The van der Waals surface area contributed by atoms with Gasteiger partial charge in [-0.2, -0.15) is 10.2 Å². The van der Waals surface area contributed by atoms with Crippen molar-refractivity contribution in [3.05, 3.63) is 58.8 Å². The van der Waals surface area contributed by atoms with Gasteiger partial charge in [-0.1, -0.05) is 0 Å². The molecule has 2 amide bonds. The Morgan fingerprint density at radius 3 is 2.89 bits per heavy atom. The molecule has 4 aromatic rings. The van der Waals surface area contributed by atoms with Gasteiger partial charge in [0.05, 0.1) is 36.4 Å². The highest BCUT2D eigenvalue weighted by atomic mass is 79.9. The van der Waals surface area contributed by atoms with Crippen LogP contribution in [0.25, 0.3) is 16.8 Å². The van der Waals surface area contributed by atoms with Crippen LogP contribution >= 0.6 is 15.9 Å². The van der Waals surface area contributed by atoms with Gasteiger partial charge in [0.1, 0.15) is 5.69 Å². The highest BCUT2D eigenvalue weighted by molar-refractivity contribution is 9.10. The largest absolute Gasteiger partial charge is 0.481 e. The summed E-state index contributed by atoms with van der Waals surface area (Å²) in [6.45, 7) is 0.449. The zero-order chi connectivity index (χ0) is 25.7. The number of methoxy groups -OCH3 is 1. The number of hydrogen-bond acceptors (Lipinski definition) is 6. The van der Waals surface area contributed by atoms with E-state index in [9.17, 15) is 14.0 Å². The molecule has 0 bridgehead atoms. The van der Waals surface area contributed by atoms with Gasteiger partial charge in [0.15, 0.2) is 5.82 Å². The Labute approximate surface area is 219 Å². The van der Waals surface area contributed by atoms with Crippen LogP contribution in [-0.4, -0.2) is 60.7 Å². The minimum Gasteiger partial charge on any atom is -0.481 e. The summed E-state index contributed by atoms with van der Waals surface area (Å²) in [7, 11) is 1.44. The van der Waals surface area contributed by atoms with Crippen molar-refractivity contribution in [1.29, 1.82) is 0 Å². The van der Waals surface area contributed by atoms with Crippen molar-refractivity contribution in [3.63, 3.8) is 0 Å². The van der Waals surface area contributed by atoms with Crippen LogP contribution in [0.1, 0.15) is 36.2 Å². The minimum atomic E-state index is -0.560. The van der Waals surface area contributed by atoms with Crippen LogP contribution in [0.3, 0.4) is 0 Å². The second-order valence-electron chi connectivity index (χ2n) is 9.47. The van der Waals surface area contributed by atoms with E-state index >= 15 is 0 Å². The summed E-state index contributed by atoms with van der Waals surface area (Å²) in [5.74, 6) is -0.795. The fourth-order valence-electron chi connectivity index (χ4n) is 5.08. The Kier molecular flexibility index (Phi) is 5.70. The number of carbonyl (C=O) groups excluding carboxylic acids is 2. The van der Waals surface area contributed by atoms with Gasteiger partial charge in [0.2, 0.25) is 11.8 Å². The SMILES string of the molecule is COc1cc(-c2cc(C(=O)N3CCC(C(=O)Nc4cnn5cc(Br)ccc45)CC34CC4)[nH]n2)c(F)cn1. The summed E-state index contributed by atoms with van der Waals surface area (Å²) >= 11 is 3.42. The van der Waals surface area contributed by atoms with Crippen LogP contribution in [0.2, 0.25) is 0 Å². The van der Waals surface area contributed by atoms with E-state index in [2.05, 4.69) is 41.5 Å². The lowest BCUT2D eigenvalue weighted by atomic mass is 9.88. The Hall–Kier alpha value is -3.80. The Bertz CT molecular complexity index is 1530. The summed E-state index contributed by atoms with van der Waals surface area (Å²) in [5, 5.41) is 14.2. The van der Waals surface area contributed by atoms with Gasteiger partial charge in [-0.3, -0.25) is 14.7 Å². The van der Waals surface area contributed by atoms with Crippen molar-refractivity contribution >= 4 is 38.9 Å². The molecule has 1 aliphatic carbocycles. The Balaban J connectivity index is 1.16. The standard InChI is InChI=1S/C25H23BrFN7O3/c1-37-22-8-16(17(27)11-28-22)18-9-19(32-31-18)24(36)33-7-4-14(10-25(33)5-6-25)23(35)30-20-12-29-34-13-15(26)2-3-21(20)34/h2-3,8-9,11-14H,4-7,10H2,1H3,(H,30,35)(H,31,32). The van der Waals surface area contributed by atoms with Gasteiger partial charge in [-0.05, 0) is 59.8 Å². The highest BCUT2D eigenvalue weighted by Crippen LogP contribution is 2.50. The zero-order valence-electron chi connectivity index (χ0n) is 19.9. The van der Waals surface area contributed by atoms with Crippen LogP contribution in [0.5, 0.6) is 5.88 Å². The van der Waals surface area contributed by atoms with Crippen molar-refractivity contribution in [1.82, 2.24) is 29.7 Å². The fourth-order valence-corrected chi connectivity index (χ4v) is 5.41. The molecular weight excluding hydrogens is 545 g/mol. The number of rotatable bonds is 5. The van der Waals surface area contributed by atoms with Crippen LogP contribution in [-0.2, 0) is 4.79 Å². The summed E-state index contributed by atoms with van der Waals surface area (Å²) in [6, 6.07) is 6.77. The van der Waals surface area contributed by atoms with Gasteiger partial charge in [-0.25, -0.2) is 13.9 Å². The Morgan fingerprint density at radius 1 is 1.27 bits per heavy atom. The second-order valence-corrected chi connectivity index (χ2v) is 10.4. The number of piperidine rings is 1. The van der Waals surface area contributed by atoms with E-state index in [-0.39, 0.29) is 40.4 Å². The number of nitrogens with zero attached hydrogens (tertiary/aromatic N) is 5. The van der Waals surface area contributed by atoms with Gasteiger partial charge in [-0.15, -0.1) is 0 Å². The molecule has 1 aliphatic heterocycles. The third-order valence-electron chi connectivity index (χ3n) is 7.20. The molecule has 0 aromatic carbocycles. The number of anilines is 1. The highest BCUT2D eigenvalue weighted by Gasteiger charge is 2.54. The maximum atomic E-state index is 14.3. The smallest absolute Gasteiger partial charge is 0.272 e. The van der Waals surface area contributed by atoms with Crippen molar-refractivity contribution in [2.24, 2.45) is 5.92 Å². The monoisotopic (exact) mass is 567 g/mol. The van der Waals surface area contributed by atoms with Crippen molar-refractivity contribution in [2.45, 2.75) is 31.2 Å². The number of nitrogens with one attached hydrogen (secondary N) is 2. The molecule has 4 aromatic heterocycles. The number of halogens is 2. The predicted octanol–water partition coefficient (Wildman–Crippen LogP) is 4.05. The van der Waals surface area contributed by atoms with Gasteiger partial charge >= 0.3 is 0 Å². The van der Waals surface area contributed by atoms with Crippen LogP contribution in [0, 0.1) is 11.7 Å². The lowest BCUT2D eigenvalue weighted by Crippen LogP contribution is -2.50. The van der Waals surface area contributed by atoms with Crippen LogP contribution in [0.4, 0.5) is 10.1 Å². The number of aromatic amines is 1. The number of pyridine rings is 2. The topological polar surface area (TPSA) is 118 Å². The maximum absolute atomic E-state index is 14.3. The molecule has 6 rings (SSSR count). The van der Waals surface area contributed by atoms with Gasteiger partial charge < -0.3 is 15.0 Å². The molecule has 2 N–H and O–H groups in total. The van der Waals surface area contributed by atoms with E-state index in [0.29, 0.717) is 30.8 Å². The van der Waals surface area contributed by atoms with Crippen LogP contribution < -0.4 is 10.1 Å². The number of ether oxygens (including phenoxy) is 1. The predicted molar refractivity (Wildman–Crippen MR) is 136 cm³/mol. The molecule has 5 heterocycles. The number of H-pyrrole nitrogens is 1. The molecule has 1 spiro atoms. The molecule has 1 saturated carbocycles. The van der Waals surface area contributed by atoms with Gasteiger partial charge in [0, 0.05) is 40.3 Å². The summed E-state index contributed by atoms with van der Waals surface area (Å²) < 4.78 is 22.0.